The fourth-order valence-corrected chi connectivity index (χ4v) is 2.38. The van der Waals surface area contributed by atoms with Gasteiger partial charge in [0.05, 0.1) is 0 Å². The lowest BCUT2D eigenvalue weighted by molar-refractivity contribution is 0.180. The first kappa shape index (κ1) is 15.0. The summed E-state index contributed by atoms with van der Waals surface area (Å²) in [5.41, 5.74) is 9.41. The Balaban J connectivity index is 2.30. The van der Waals surface area contributed by atoms with Gasteiger partial charge in [-0.3, -0.25) is 4.98 Å². The van der Waals surface area contributed by atoms with Crippen molar-refractivity contribution < 1.29 is 4.74 Å². The molecule has 0 aliphatic heterocycles. The summed E-state index contributed by atoms with van der Waals surface area (Å²) in [4.78, 5) is 4.03. The van der Waals surface area contributed by atoms with Gasteiger partial charge in [-0.25, -0.2) is 0 Å². The van der Waals surface area contributed by atoms with Crippen LogP contribution < -0.4 is 10.5 Å². The monoisotopic (exact) mass is 334 g/mol. The van der Waals surface area contributed by atoms with Crippen molar-refractivity contribution in [3.63, 3.8) is 0 Å². The van der Waals surface area contributed by atoms with Gasteiger partial charge in [0.25, 0.3) is 0 Å². The largest absolute Gasteiger partial charge is 0.484 e. The van der Waals surface area contributed by atoms with Crippen molar-refractivity contribution in [3.05, 3.63) is 57.8 Å². The molecule has 2 unspecified atom stereocenters. The van der Waals surface area contributed by atoms with Crippen molar-refractivity contribution in [2.45, 2.75) is 32.9 Å². The van der Waals surface area contributed by atoms with Crippen LogP contribution in [0.1, 0.15) is 29.7 Å². The highest BCUT2D eigenvalue weighted by Gasteiger charge is 2.18. The Morgan fingerprint density at radius 1 is 1.15 bits per heavy atom. The van der Waals surface area contributed by atoms with Gasteiger partial charge in [0, 0.05) is 22.9 Å². The molecule has 3 nitrogen and oxygen atoms in total. The third-order valence-corrected chi connectivity index (χ3v) is 4.44. The van der Waals surface area contributed by atoms with E-state index in [1.807, 2.05) is 31.2 Å². The Morgan fingerprint density at radius 3 is 2.20 bits per heavy atom. The Morgan fingerprint density at radius 2 is 1.70 bits per heavy atom. The molecule has 0 bridgehead atoms. The van der Waals surface area contributed by atoms with Crippen LogP contribution in [0.25, 0.3) is 0 Å². The number of benzene rings is 1. The first-order chi connectivity index (χ1) is 9.49. The highest BCUT2D eigenvalue weighted by molar-refractivity contribution is 9.10. The second kappa shape index (κ2) is 6.37. The molecule has 0 saturated carbocycles. The molecule has 2 rings (SSSR count). The Kier molecular flexibility index (Phi) is 4.78. The summed E-state index contributed by atoms with van der Waals surface area (Å²) in [6.07, 6.45) is 3.33. The highest BCUT2D eigenvalue weighted by atomic mass is 79.9. The van der Waals surface area contributed by atoms with Crippen LogP contribution in [0.4, 0.5) is 0 Å². The van der Waals surface area contributed by atoms with Gasteiger partial charge < -0.3 is 10.5 Å². The summed E-state index contributed by atoms with van der Waals surface area (Å²) < 4.78 is 7.22. The Bertz CT molecular complexity index is 561. The van der Waals surface area contributed by atoms with Gasteiger partial charge in [-0.2, -0.15) is 0 Å². The number of pyridine rings is 1. The van der Waals surface area contributed by atoms with Gasteiger partial charge >= 0.3 is 0 Å². The van der Waals surface area contributed by atoms with Crippen LogP contribution in [-0.4, -0.2) is 11.0 Å². The van der Waals surface area contributed by atoms with E-state index in [1.165, 1.54) is 0 Å². The zero-order chi connectivity index (χ0) is 14.7. The molecule has 2 atom stereocenters. The average Bonchev–Trinajstić information content (AvgIpc) is 2.42. The minimum absolute atomic E-state index is 0.110. The topological polar surface area (TPSA) is 48.1 Å². The summed E-state index contributed by atoms with van der Waals surface area (Å²) in [5.74, 6) is 0.835. The molecule has 0 aliphatic carbocycles. The van der Waals surface area contributed by atoms with E-state index in [0.29, 0.717) is 0 Å². The lowest BCUT2D eigenvalue weighted by Crippen LogP contribution is -2.29. The molecule has 0 amide bonds. The standard InChI is InChI=1S/C16H19BrN2O/c1-10-8-14(9-11(2)15(10)17)20-16(12(3)18)13-4-6-19-7-5-13/h4-9,12,16H,18H2,1-3H3. The van der Waals surface area contributed by atoms with Crippen molar-refractivity contribution in [2.24, 2.45) is 5.73 Å². The van der Waals surface area contributed by atoms with Crippen LogP contribution in [0.5, 0.6) is 5.75 Å². The van der Waals surface area contributed by atoms with Crippen LogP contribution in [0, 0.1) is 13.8 Å². The Labute approximate surface area is 128 Å². The van der Waals surface area contributed by atoms with E-state index in [0.717, 1.165) is 26.9 Å². The number of aryl methyl sites for hydroxylation is 2. The summed E-state index contributed by atoms with van der Waals surface area (Å²) in [5, 5.41) is 0. The first-order valence-electron chi connectivity index (χ1n) is 6.58. The minimum Gasteiger partial charge on any atom is -0.484 e. The van der Waals surface area contributed by atoms with Crippen molar-refractivity contribution in [3.8, 4) is 5.75 Å². The number of hydrogen-bond acceptors (Lipinski definition) is 3. The molecule has 0 spiro atoms. The number of nitrogens with two attached hydrogens (primary N) is 1. The molecule has 2 aromatic rings. The fraction of sp³-hybridized carbons (Fsp3) is 0.312. The molecule has 0 radical (unpaired) electrons. The van der Waals surface area contributed by atoms with Gasteiger partial charge in [-0.15, -0.1) is 0 Å². The lowest BCUT2D eigenvalue weighted by atomic mass is 10.1. The van der Waals surface area contributed by atoms with E-state index in [1.54, 1.807) is 12.4 Å². The molecule has 2 N–H and O–H groups in total. The molecule has 0 aliphatic rings. The quantitative estimate of drug-likeness (QED) is 0.921. The van der Waals surface area contributed by atoms with Gasteiger partial charge in [-0.05, 0) is 61.7 Å². The predicted molar refractivity (Wildman–Crippen MR) is 84.9 cm³/mol. The zero-order valence-electron chi connectivity index (χ0n) is 11.9. The van der Waals surface area contributed by atoms with E-state index in [2.05, 4.69) is 34.8 Å². The summed E-state index contributed by atoms with van der Waals surface area (Å²) in [6.45, 7) is 6.05. The number of rotatable bonds is 4. The van der Waals surface area contributed by atoms with Crippen LogP contribution in [0.15, 0.2) is 41.1 Å². The average molecular weight is 335 g/mol. The van der Waals surface area contributed by atoms with Gasteiger partial charge in [0.2, 0.25) is 0 Å². The number of aromatic nitrogens is 1. The first-order valence-corrected chi connectivity index (χ1v) is 7.37. The van der Waals surface area contributed by atoms with E-state index < -0.39 is 0 Å². The maximum absolute atomic E-state index is 6.10. The number of ether oxygens (including phenoxy) is 1. The van der Waals surface area contributed by atoms with E-state index in [9.17, 15) is 0 Å². The minimum atomic E-state index is -0.182. The molecular formula is C16H19BrN2O. The third-order valence-electron chi connectivity index (χ3n) is 3.19. The van der Waals surface area contributed by atoms with E-state index in [4.69, 9.17) is 10.5 Å². The molecule has 1 aromatic heterocycles. The summed E-state index contributed by atoms with van der Waals surface area (Å²) in [7, 11) is 0. The highest BCUT2D eigenvalue weighted by Crippen LogP contribution is 2.30. The Hall–Kier alpha value is -1.39. The number of nitrogens with zero attached hydrogens (tertiary/aromatic N) is 1. The second-order valence-electron chi connectivity index (χ2n) is 5.05. The SMILES string of the molecule is Cc1cc(OC(c2ccncc2)C(C)N)cc(C)c1Br. The van der Waals surface area contributed by atoms with Gasteiger partial charge in [0.15, 0.2) is 0 Å². The molecule has 4 heteroatoms. The van der Waals surface area contributed by atoms with E-state index >= 15 is 0 Å². The summed E-state index contributed by atoms with van der Waals surface area (Å²) in [6, 6.07) is 7.81. The number of hydrogen-bond donors (Lipinski definition) is 1. The molecule has 0 fully saturated rings. The maximum Gasteiger partial charge on any atom is 0.139 e. The zero-order valence-corrected chi connectivity index (χ0v) is 13.5. The van der Waals surface area contributed by atoms with Crippen molar-refractivity contribution in [1.29, 1.82) is 0 Å². The summed E-state index contributed by atoms with van der Waals surface area (Å²) >= 11 is 3.56. The molecule has 0 saturated heterocycles. The molecule has 1 aromatic carbocycles. The van der Waals surface area contributed by atoms with Crippen molar-refractivity contribution in [1.82, 2.24) is 4.98 Å². The van der Waals surface area contributed by atoms with Crippen molar-refractivity contribution in [2.75, 3.05) is 0 Å². The molecular weight excluding hydrogens is 316 g/mol. The van der Waals surface area contributed by atoms with Gasteiger partial charge in [-0.1, -0.05) is 15.9 Å². The molecule has 20 heavy (non-hydrogen) atoms. The smallest absolute Gasteiger partial charge is 0.139 e. The van der Waals surface area contributed by atoms with Crippen molar-refractivity contribution >= 4 is 15.9 Å². The van der Waals surface area contributed by atoms with Crippen LogP contribution >= 0.6 is 15.9 Å². The third kappa shape index (κ3) is 3.38. The molecule has 106 valence electrons. The normalized spacial score (nSPS) is 13.8. The van der Waals surface area contributed by atoms with Crippen LogP contribution in [-0.2, 0) is 0 Å². The molecule has 1 heterocycles. The van der Waals surface area contributed by atoms with Crippen LogP contribution in [0.2, 0.25) is 0 Å². The maximum atomic E-state index is 6.10. The fourth-order valence-electron chi connectivity index (χ4n) is 2.15. The van der Waals surface area contributed by atoms with Crippen LogP contribution in [0.3, 0.4) is 0 Å². The van der Waals surface area contributed by atoms with Gasteiger partial charge in [0.1, 0.15) is 11.9 Å². The van der Waals surface area contributed by atoms with E-state index in [-0.39, 0.29) is 12.1 Å². The number of halogens is 1. The predicted octanol–water partition coefficient (Wildman–Crippen LogP) is 3.93. The lowest BCUT2D eigenvalue weighted by Gasteiger charge is -2.23. The second-order valence-corrected chi connectivity index (χ2v) is 5.84.